The maximum Gasteiger partial charge on any atom is 0.319 e. The van der Waals surface area contributed by atoms with Crippen molar-refractivity contribution in [2.75, 3.05) is 15.5 Å². The predicted molar refractivity (Wildman–Crippen MR) is 145 cm³/mol. The average Bonchev–Trinajstić information content (AvgIpc) is 3.01. The van der Waals surface area contributed by atoms with Gasteiger partial charge in [-0.05, 0) is 48.0 Å². The minimum absolute atomic E-state index is 0. The Hall–Kier alpha value is -5.05. The number of halogens is 1. The lowest BCUT2D eigenvalue weighted by molar-refractivity contribution is 0.251. The van der Waals surface area contributed by atoms with Gasteiger partial charge < -0.3 is 16.0 Å². The van der Waals surface area contributed by atoms with Gasteiger partial charge in [0.1, 0.15) is 17.5 Å². The van der Waals surface area contributed by atoms with Gasteiger partial charge in [0, 0.05) is 33.8 Å². The second-order valence-corrected chi connectivity index (χ2v) is 8.09. The number of para-hydroxylation sites is 1. The largest absolute Gasteiger partial charge is 0.338 e. The van der Waals surface area contributed by atoms with Gasteiger partial charge in [-0.15, -0.1) is 0 Å². The van der Waals surface area contributed by atoms with Crippen molar-refractivity contribution in [1.29, 1.82) is 10.8 Å². The maximum atomic E-state index is 13.3. The van der Waals surface area contributed by atoms with Crippen LogP contribution in [0.3, 0.4) is 0 Å². The van der Waals surface area contributed by atoms with Crippen molar-refractivity contribution in [2.24, 2.45) is 0 Å². The second kappa shape index (κ2) is 9.67. The Morgan fingerprint density at radius 2 is 1.83 bits per heavy atom. The lowest BCUT2D eigenvalue weighted by Gasteiger charge is -2.25. The Kier molecular flexibility index (Phi) is 6.10. The van der Waals surface area contributed by atoms with Crippen LogP contribution in [0.25, 0.3) is 0 Å². The third-order valence-electron chi connectivity index (χ3n) is 5.67. The molecule has 1 aromatic heterocycles. The summed E-state index contributed by atoms with van der Waals surface area (Å²) in [7, 11) is 0. The summed E-state index contributed by atoms with van der Waals surface area (Å²) in [5.74, 6) is 0.411. The molecule has 4 aromatic rings. The molecule has 9 heteroatoms. The van der Waals surface area contributed by atoms with Gasteiger partial charge in [0.25, 0.3) is 0 Å². The summed E-state index contributed by atoms with van der Waals surface area (Å²) < 4.78 is 13.3. The number of amides is 2. The van der Waals surface area contributed by atoms with Crippen LogP contribution in [0.1, 0.15) is 21.0 Å². The van der Waals surface area contributed by atoms with Gasteiger partial charge in [-0.25, -0.2) is 14.2 Å². The Bertz CT molecular complexity index is 1480. The highest BCUT2D eigenvalue weighted by atomic mass is 19.1. The normalized spacial score (nSPS) is 12.0. The Labute approximate surface area is 211 Å². The SMILES string of the molecule is N=C(c1ccc(CNC(=O)Nc2cccc(F)c2)cc1)N1C(=N)c2ccccc2Nc2ncccc21.[HH].[HH].[HH]. The molecule has 5 N–H and O–H groups in total. The number of pyridine rings is 1. The van der Waals surface area contributed by atoms with Crippen molar-refractivity contribution in [2.45, 2.75) is 6.54 Å². The molecule has 8 nitrogen and oxygen atoms in total. The predicted octanol–water partition coefficient (Wildman–Crippen LogP) is 6.19. The van der Waals surface area contributed by atoms with Crippen molar-refractivity contribution in [3.8, 4) is 0 Å². The summed E-state index contributed by atoms with van der Waals surface area (Å²) >= 11 is 0. The zero-order chi connectivity index (χ0) is 25.1. The molecular weight excluding hydrogens is 457 g/mol. The highest BCUT2D eigenvalue weighted by Crippen LogP contribution is 2.34. The van der Waals surface area contributed by atoms with Gasteiger partial charge in [-0.3, -0.25) is 15.7 Å². The quantitative estimate of drug-likeness (QED) is 0.175. The first kappa shape index (κ1) is 22.7. The number of nitrogens with zero attached hydrogens (tertiary/aromatic N) is 2. The van der Waals surface area contributed by atoms with Crippen molar-refractivity contribution >= 4 is 40.6 Å². The number of rotatable bonds is 4. The first-order chi connectivity index (χ1) is 17.5. The summed E-state index contributed by atoms with van der Waals surface area (Å²) in [6.07, 6.45) is 1.66. The van der Waals surface area contributed by atoms with Gasteiger partial charge in [-0.2, -0.15) is 0 Å². The van der Waals surface area contributed by atoms with Crippen LogP contribution in [0.5, 0.6) is 0 Å². The fraction of sp³-hybridized carbons (Fsp3) is 0.0370. The molecule has 0 saturated heterocycles. The van der Waals surface area contributed by atoms with Gasteiger partial charge in [0.05, 0.1) is 11.4 Å². The van der Waals surface area contributed by atoms with E-state index in [1.165, 1.54) is 18.2 Å². The summed E-state index contributed by atoms with van der Waals surface area (Å²) in [6, 6.07) is 23.4. The number of amidine groups is 2. The van der Waals surface area contributed by atoms with E-state index in [-0.39, 0.29) is 22.5 Å². The first-order valence-electron chi connectivity index (χ1n) is 11.2. The van der Waals surface area contributed by atoms with Gasteiger partial charge in [-0.1, -0.05) is 42.5 Å². The Balaban J connectivity index is 0.00000178. The second-order valence-electron chi connectivity index (χ2n) is 8.09. The number of nitrogens with one attached hydrogen (secondary N) is 5. The summed E-state index contributed by atoms with van der Waals surface area (Å²) in [6.45, 7) is 0.248. The number of carbonyl (C=O) groups excluding carboxylic acids is 1. The van der Waals surface area contributed by atoms with E-state index in [2.05, 4.69) is 20.9 Å². The molecule has 184 valence electrons. The van der Waals surface area contributed by atoms with Crippen LogP contribution in [0.15, 0.2) is 91.1 Å². The van der Waals surface area contributed by atoms with Crippen molar-refractivity contribution in [3.05, 3.63) is 114 Å². The lowest BCUT2D eigenvalue weighted by atomic mass is 10.1. The zero-order valence-electron chi connectivity index (χ0n) is 19.0. The molecule has 1 aliphatic rings. The van der Waals surface area contributed by atoms with Gasteiger partial charge in [0.2, 0.25) is 0 Å². The molecule has 0 aliphatic carbocycles. The van der Waals surface area contributed by atoms with E-state index in [9.17, 15) is 9.18 Å². The van der Waals surface area contributed by atoms with Crippen molar-refractivity contribution in [3.63, 3.8) is 0 Å². The van der Waals surface area contributed by atoms with E-state index in [1.807, 2.05) is 42.5 Å². The number of aromatic nitrogens is 1. The molecule has 3 aromatic carbocycles. The molecule has 0 atom stereocenters. The number of fused-ring (bicyclic) bond motifs is 2. The fourth-order valence-corrected chi connectivity index (χ4v) is 3.91. The Morgan fingerprint density at radius 3 is 2.64 bits per heavy atom. The molecule has 1 aliphatic heterocycles. The molecule has 0 saturated carbocycles. The van der Waals surface area contributed by atoms with Crippen LogP contribution < -0.4 is 20.9 Å². The molecule has 5 rings (SSSR count). The molecule has 0 fully saturated rings. The number of anilines is 4. The smallest absolute Gasteiger partial charge is 0.319 e. The molecule has 0 unspecified atom stereocenters. The Morgan fingerprint density at radius 1 is 1.03 bits per heavy atom. The number of hydrogen-bond acceptors (Lipinski definition) is 5. The van der Waals surface area contributed by atoms with Crippen molar-refractivity contribution < 1.29 is 13.5 Å². The van der Waals surface area contributed by atoms with Crippen LogP contribution >= 0.6 is 0 Å². The molecule has 36 heavy (non-hydrogen) atoms. The molecule has 2 heterocycles. The first-order valence-corrected chi connectivity index (χ1v) is 11.2. The van der Waals surface area contributed by atoms with E-state index in [0.717, 1.165) is 11.3 Å². The standard InChI is InChI=1S/C27H22FN7O.3H2/c28-19-5-3-6-20(15-19)33-27(36)32-16-17-10-12-18(13-11-17)24(29)35-23-9-4-14-31-26(23)34-22-8-2-1-7-21(22)25(35)30;;;/h1-15,29-30H,16H2,(H,31,34)(H2,32,33,36);3*1H. The molecular formula is C27H28FN7O. The third kappa shape index (κ3) is 4.62. The highest BCUT2D eigenvalue weighted by Gasteiger charge is 2.28. The molecule has 0 spiro atoms. The minimum Gasteiger partial charge on any atom is -0.338 e. The number of benzene rings is 3. The summed E-state index contributed by atoms with van der Waals surface area (Å²) in [5, 5.41) is 26.4. The number of hydrogen-bond donors (Lipinski definition) is 5. The third-order valence-corrected chi connectivity index (χ3v) is 5.67. The molecule has 0 bridgehead atoms. The van der Waals surface area contributed by atoms with Gasteiger partial charge >= 0.3 is 6.03 Å². The maximum absolute atomic E-state index is 13.3. The van der Waals surface area contributed by atoms with Crippen LogP contribution in [0.2, 0.25) is 0 Å². The van der Waals surface area contributed by atoms with E-state index in [1.54, 1.807) is 35.4 Å². The fourth-order valence-electron chi connectivity index (χ4n) is 3.91. The topological polar surface area (TPSA) is 117 Å². The van der Waals surface area contributed by atoms with Crippen LogP contribution in [0, 0.1) is 16.6 Å². The van der Waals surface area contributed by atoms with E-state index in [0.29, 0.717) is 28.3 Å². The van der Waals surface area contributed by atoms with E-state index < -0.39 is 11.8 Å². The van der Waals surface area contributed by atoms with E-state index >= 15 is 0 Å². The van der Waals surface area contributed by atoms with Crippen LogP contribution in [0.4, 0.5) is 32.1 Å². The monoisotopic (exact) mass is 485 g/mol. The molecule has 2 amide bonds. The zero-order valence-corrected chi connectivity index (χ0v) is 19.0. The number of carbonyl (C=O) groups is 1. The van der Waals surface area contributed by atoms with E-state index in [4.69, 9.17) is 10.8 Å². The molecule has 0 radical (unpaired) electrons. The summed E-state index contributed by atoms with van der Waals surface area (Å²) in [5.41, 5.74) is 3.79. The van der Waals surface area contributed by atoms with Crippen LogP contribution in [-0.2, 0) is 6.54 Å². The van der Waals surface area contributed by atoms with Crippen LogP contribution in [-0.4, -0.2) is 22.7 Å². The van der Waals surface area contributed by atoms with Gasteiger partial charge in [0.15, 0.2) is 5.82 Å². The summed E-state index contributed by atoms with van der Waals surface area (Å²) in [4.78, 5) is 18.1. The van der Waals surface area contributed by atoms with Crippen molar-refractivity contribution in [1.82, 2.24) is 10.3 Å². The highest BCUT2D eigenvalue weighted by molar-refractivity contribution is 6.30. The lowest BCUT2D eigenvalue weighted by Crippen LogP contribution is -2.36. The average molecular weight is 486 g/mol. The minimum atomic E-state index is -0.453. The number of urea groups is 1.